The van der Waals surface area contributed by atoms with Gasteiger partial charge in [0.15, 0.2) is 5.17 Å². The molecule has 0 unspecified atom stereocenters. The van der Waals surface area contributed by atoms with Gasteiger partial charge in [-0.25, -0.2) is 0 Å². The van der Waals surface area contributed by atoms with Crippen molar-refractivity contribution in [2.24, 2.45) is 4.99 Å². The maximum absolute atomic E-state index is 11.4. The fourth-order valence-corrected chi connectivity index (χ4v) is 2.33. The second-order valence-electron chi connectivity index (χ2n) is 3.65. The highest BCUT2D eigenvalue weighted by Gasteiger charge is 2.30. The summed E-state index contributed by atoms with van der Waals surface area (Å²) in [4.78, 5) is 17.6. The highest BCUT2D eigenvalue weighted by atomic mass is 32.2. The van der Waals surface area contributed by atoms with Crippen molar-refractivity contribution in [3.05, 3.63) is 0 Å². The number of amidine groups is 1. The molecule has 1 saturated heterocycles. The van der Waals surface area contributed by atoms with Crippen LogP contribution in [0.2, 0.25) is 0 Å². The average Bonchev–Trinajstić information content (AvgIpc) is 2.30. The maximum Gasteiger partial charge on any atom is 0.239 e. The van der Waals surface area contributed by atoms with E-state index in [0.717, 1.165) is 5.17 Å². The molecule has 0 N–H and O–H groups in total. The number of thioether (sulfide) groups is 1. The van der Waals surface area contributed by atoms with E-state index < -0.39 is 0 Å². The van der Waals surface area contributed by atoms with E-state index in [2.05, 4.69) is 4.99 Å². The number of amides is 1. The van der Waals surface area contributed by atoms with Gasteiger partial charge in [-0.3, -0.25) is 14.7 Å². The Balaban J connectivity index is 2.81. The standard InChI is InChI=1S/C9H16N2OS/c1-6(2)10-9-11(7(3)4)8(12)5-13-9/h6-7H,5H2,1-4H3. The van der Waals surface area contributed by atoms with Crippen molar-refractivity contribution in [1.82, 2.24) is 4.90 Å². The van der Waals surface area contributed by atoms with Gasteiger partial charge in [-0.1, -0.05) is 11.8 Å². The Morgan fingerprint density at radius 2 is 2.00 bits per heavy atom. The quantitative estimate of drug-likeness (QED) is 0.680. The zero-order valence-corrected chi connectivity index (χ0v) is 9.39. The number of aliphatic imine (C=N–C) groups is 1. The van der Waals surface area contributed by atoms with E-state index >= 15 is 0 Å². The minimum absolute atomic E-state index is 0.180. The second-order valence-corrected chi connectivity index (χ2v) is 4.59. The van der Waals surface area contributed by atoms with Crippen molar-refractivity contribution in [2.45, 2.75) is 39.8 Å². The number of carbonyl (C=O) groups is 1. The molecule has 0 aromatic carbocycles. The van der Waals surface area contributed by atoms with Crippen LogP contribution in [0.3, 0.4) is 0 Å². The van der Waals surface area contributed by atoms with Gasteiger partial charge >= 0.3 is 0 Å². The lowest BCUT2D eigenvalue weighted by molar-refractivity contribution is -0.125. The van der Waals surface area contributed by atoms with Crippen molar-refractivity contribution >= 4 is 22.8 Å². The lowest BCUT2D eigenvalue weighted by Crippen LogP contribution is -2.36. The Labute approximate surface area is 83.6 Å². The molecule has 0 radical (unpaired) electrons. The molecule has 74 valence electrons. The summed E-state index contributed by atoms with van der Waals surface area (Å²) in [6.45, 7) is 8.07. The van der Waals surface area contributed by atoms with E-state index in [1.165, 1.54) is 0 Å². The largest absolute Gasteiger partial charge is 0.288 e. The molecule has 1 fully saturated rings. The van der Waals surface area contributed by atoms with Crippen molar-refractivity contribution < 1.29 is 4.79 Å². The monoisotopic (exact) mass is 200 g/mol. The van der Waals surface area contributed by atoms with Gasteiger partial charge in [0.2, 0.25) is 5.91 Å². The van der Waals surface area contributed by atoms with E-state index in [-0.39, 0.29) is 18.0 Å². The fraction of sp³-hybridized carbons (Fsp3) is 0.778. The third-order valence-corrected chi connectivity index (χ3v) is 2.64. The highest BCUT2D eigenvalue weighted by Crippen LogP contribution is 2.22. The molecule has 0 saturated carbocycles. The second kappa shape index (κ2) is 4.13. The SMILES string of the molecule is CC(C)N=C1SCC(=O)N1C(C)C. The molecule has 1 rings (SSSR count). The summed E-state index contributed by atoms with van der Waals surface area (Å²) in [6.07, 6.45) is 0. The van der Waals surface area contributed by atoms with Gasteiger partial charge in [0, 0.05) is 12.1 Å². The van der Waals surface area contributed by atoms with E-state index in [1.807, 2.05) is 27.7 Å². The number of hydrogen-bond acceptors (Lipinski definition) is 3. The summed E-state index contributed by atoms with van der Waals surface area (Å²) in [5.74, 6) is 0.725. The van der Waals surface area contributed by atoms with Crippen molar-refractivity contribution in [1.29, 1.82) is 0 Å². The Morgan fingerprint density at radius 1 is 1.38 bits per heavy atom. The number of rotatable bonds is 2. The highest BCUT2D eigenvalue weighted by molar-refractivity contribution is 8.15. The molecule has 3 nitrogen and oxygen atoms in total. The first-order valence-corrected chi connectivity index (χ1v) is 5.53. The Kier molecular flexibility index (Phi) is 3.36. The topological polar surface area (TPSA) is 32.7 Å². The molecule has 1 amide bonds. The normalized spacial score (nSPS) is 21.2. The van der Waals surface area contributed by atoms with Gasteiger partial charge in [0.25, 0.3) is 0 Å². The van der Waals surface area contributed by atoms with E-state index in [0.29, 0.717) is 5.75 Å². The van der Waals surface area contributed by atoms with Crippen molar-refractivity contribution in [3.8, 4) is 0 Å². The van der Waals surface area contributed by atoms with Crippen LogP contribution in [0.5, 0.6) is 0 Å². The van der Waals surface area contributed by atoms with Crippen molar-refractivity contribution in [3.63, 3.8) is 0 Å². The lowest BCUT2D eigenvalue weighted by atomic mass is 10.3. The molecule has 0 aromatic heterocycles. The molecule has 13 heavy (non-hydrogen) atoms. The van der Waals surface area contributed by atoms with Crippen LogP contribution in [-0.4, -0.2) is 33.8 Å². The maximum atomic E-state index is 11.4. The predicted octanol–water partition coefficient (Wildman–Crippen LogP) is 1.73. The van der Waals surface area contributed by atoms with Crippen LogP contribution in [0.1, 0.15) is 27.7 Å². The first-order chi connectivity index (χ1) is 6.02. The van der Waals surface area contributed by atoms with E-state index in [9.17, 15) is 4.79 Å². The Hall–Kier alpha value is -0.510. The third-order valence-electron chi connectivity index (χ3n) is 1.68. The van der Waals surface area contributed by atoms with Gasteiger partial charge in [-0.05, 0) is 27.7 Å². The summed E-state index contributed by atoms with van der Waals surface area (Å²) in [5.41, 5.74) is 0. The summed E-state index contributed by atoms with van der Waals surface area (Å²) < 4.78 is 0. The van der Waals surface area contributed by atoms with Crippen LogP contribution in [0, 0.1) is 0 Å². The minimum atomic E-state index is 0.180. The fourth-order valence-electron chi connectivity index (χ4n) is 1.20. The van der Waals surface area contributed by atoms with Crippen LogP contribution < -0.4 is 0 Å². The molecule has 0 aliphatic carbocycles. The van der Waals surface area contributed by atoms with Crippen molar-refractivity contribution in [2.75, 3.05) is 5.75 Å². The third kappa shape index (κ3) is 2.46. The van der Waals surface area contributed by atoms with Crippen LogP contribution in [0.15, 0.2) is 4.99 Å². The molecule has 1 heterocycles. The van der Waals surface area contributed by atoms with Crippen LogP contribution in [0.25, 0.3) is 0 Å². The minimum Gasteiger partial charge on any atom is -0.288 e. The van der Waals surface area contributed by atoms with Gasteiger partial charge in [0.05, 0.1) is 5.75 Å². The molecule has 0 atom stereocenters. The van der Waals surface area contributed by atoms with Crippen LogP contribution in [-0.2, 0) is 4.79 Å². The summed E-state index contributed by atoms with van der Waals surface area (Å²) in [5, 5.41) is 0.884. The lowest BCUT2D eigenvalue weighted by Gasteiger charge is -2.20. The van der Waals surface area contributed by atoms with Crippen LogP contribution in [0.4, 0.5) is 0 Å². The van der Waals surface area contributed by atoms with E-state index in [4.69, 9.17) is 0 Å². The molecular formula is C9H16N2OS. The van der Waals surface area contributed by atoms with Gasteiger partial charge in [-0.15, -0.1) is 0 Å². The van der Waals surface area contributed by atoms with Gasteiger partial charge in [0.1, 0.15) is 0 Å². The summed E-state index contributed by atoms with van der Waals surface area (Å²) >= 11 is 1.54. The summed E-state index contributed by atoms with van der Waals surface area (Å²) in [7, 11) is 0. The molecule has 1 aliphatic rings. The number of nitrogens with zero attached hydrogens (tertiary/aromatic N) is 2. The molecule has 1 aliphatic heterocycles. The first kappa shape index (κ1) is 10.6. The van der Waals surface area contributed by atoms with E-state index in [1.54, 1.807) is 16.7 Å². The predicted molar refractivity (Wildman–Crippen MR) is 57.0 cm³/mol. The smallest absolute Gasteiger partial charge is 0.239 e. The zero-order valence-electron chi connectivity index (χ0n) is 8.57. The summed E-state index contributed by atoms with van der Waals surface area (Å²) in [6, 6.07) is 0.481. The first-order valence-electron chi connectivity index (χ1n) is 4.55. The Bertz CT molecular complexity index is 236. The van der Waals surface area contributed by atoms with Gasteiger partial charge < -0.3 is 0 Å². The Morgan fingerprint density at radius 3 is 2.46 bits per heavy atom. The number of carbonyl (C=O) groups excluding carboxylic acids is 1. The molecule has 4 heteroatoms. The molecule has 0 aromatic rings. The zero-order chi connectivity index (χ0) is 10.0. The molecular weight excluding hydrogens is 184 g/mol. The molecule has 0 spiro atoms. The molecule has 0 bridgehead atoms. The van der Waals surface area contributed by atoms with Gasteiger partial charge in [-0.2, -0.15) is 0 Å². The average molecular weight is 200 g/mol. The van der Waals surface area contributed by atoms with Crippen LogP contribution >= 0.6 is 11.8 Å². The number of hydrogen-bond donors (Lipinski definition) is 0.